The maximum Gasteiger partial charge on any atom is 0.333 e. The summed E-state index contributed by atoms with van der Waals surface area (Å²) < 4.78 is 20.4. The number of Topliss-reactive ketones (excluding diaryl/α,β-unsaturated/α-hetero) is 1. The topological polar surface area (TPSA) is 219 Å². The largest absolute Gasteiger partial charge is 0.456 e. The summed E-state index contributed by atoms with van der Waals surface area (Å²) in [5, 5.41) is 51.6. The Kier molecular flexibility index (Phi) is 13.8. The van der Waals surface area contributed by atoms with Gasteiger partial charge < -0.3 is 56.7 Å². The number of aliphatic hydroxyl groups excluding tert-OH is 4. The molecule has 6 aliphatic rings. The summed E-state index contributed by atoms with van der Waals surface area (Å²) in [6, 6.07) is 0. The molecule has 17 atom stereocenters. The second-order valence-electron chi connectivity index (χ2n) is 17.7. The first kappa shape index (κ1) is 41.1. The van der Waals surface area contributed by atoms with E-state index in [1.807, 2.05) is 6.92 Å². The van der Waals surface area contributed by atoms with Crippen LogP contribution in [0.5, 0.6) is 0 Å². The van der Waals surface area contributed by atoms with Gasteiger partial charge in [0.2, 0.25) is 0 Å². The van der Waals surface area contributed by atoms with Crippen molar-refractivity contribution in [2.75, 3.05) is 26.3 Å². The van der Waals surface area contributed by atoms with Gasteiger partial charge >= 0.3 is 5.97 Å². The van der Waals surface area contributed by atoms with Gasteiger partial charge in [0.1, 0.15) is 17.5 Å². The minimum Gasteiger partial charge on any atom is -0.456 e. The van der Waals surface area contributed by atoms with Crippen molar-refractivity contribution in [2.45, 2.75) is 152 Å². The Morgan fingerprint density at radius 3 is 2.49 bits per heavy atom. The first-order chi connectivity index (χ1) is 25.4. The molecule has 4 saturated heterocycles. The maximum atomic E-state index is 14.1. The fourth-order valence-electron chi connectivity index (χ4n) is 11.3. The number of esters is 1. The summed E-state index contributed by atoms with van der Waals surface area (Å²) in [6.07, 6.45) is 5.17. The molecule has 2 aliphatic carbocycles. The zero-order valence-corrected chi connectivity index (χ0v) is 32.1. The molecule has 0 amide bonds. The molecule has 10 N–H and O–H groups in total. The van der Waals surface area contributed by atoms with E-state index in [2.05, 4.69) is 10.6 Å². The third kappa shape index (κ3) is 8.90. The third-order valence-corrected chi connectivity index (χ3v) is 14.3. The van der Waals surface area contributed by atoms with Gasteiger partial charge in [-0.1, -0.05) is 12.5 Å². The van der Waals surface area contributed by atoms with Crippen LogP contribution in [0.25, 0.3) is 0 Å². The van der Waals surface area contributed by atoms with Crippen molar-refractivity contribution in [3.63, 3.8) is 0 Å². The van der Waals surface area contributed by atoms with Gasteiger partial charge in [0.25, 0.3) is 0 Å². The Morgan fingerprint density at radius 1 is 1.04 bits per heavy atom. The second kappa shape index (κ2) is 17.7. The molecule has 0 bridgehead atoms. The number of carbonyl (C=O) groups is 2. The Balaban J connectivity index is 1.44. The molecule has 13 nitrogen and oxygen atoms in total. The van der Waals surface area contributed by atoms with Gasteiger partial charge in [0, 0.05) is 30.4 Å². The SMILES string of the molecule is CC=C(C)C(=O)O[C@H]1CC2C(O)C3C(=O)CC(CO)OC3C(C(C3CCNC(N)C3)[C@H](CO)C3CCCC(O)C3)C2O[C@@]1(C)CCC1CCC(N)NC1. The van der Waals surface area contributed by atoms with Crippen LogP contribution in [0.3, 0.4) is 0 Å². The van der Waals surface area contributed by atoms with E-state index in [1.54, 1.807) is 19.9 Å². The van der Waals surface area contributed by atoms with Crippen LogP contribution < -0.4 is 22.1 Å². The molecule has 6 rings (SSSR count). The van der Waals surface area contributed by atoms with Crippen LogP contribution in [0.4, 0.5) is 0 Å². The molecule has 0 spiro atoms. The molecular formula is C40H68N4O9. The summed E-state index contributed by atoms with van der Waals surface area (Å²) in [4.78, 5) is 27.5. The fourth-order valence-corrected chi connectivity index (χ4v) is 11.3. The molecule has 6 fully saturated rings. The molecule has 2 saturated carbocycles. The van der Waals surface area contributed by atoms with Gasteiger partial charge in [-0.15, -0.1) is 0 Å². The molecule has 0 aromatic carbocycles. The Morgan fingerprint density at radius 2 is 1.83 bits per heavy atom. The minimum absolute atomic E-state index is 0.00345. The van der Waals surface area contributed by atoms with Crippen molar-refractivity contribution < 1.29 is 44.2 Å². The van der Waals surface area contributed by atoms with E-state index in [0.717, 1.165) is 51.5 Å². The first-order valence-electron chi connectivity index (χ1n) is 20.6. The van der Waals surface area contributed by atoms with E-state index in [0.29, 0.717) is 43.7 Å². The van der Waals surface area contributed by atoms with Crippen LogP contribution in [-0.2, 0) is 23.8 Å². The van der Waals surface area contributed by atoms with Gasteiger partial charge in [-0.3, -0.25) is 4.79 Å². The van der Waals surface area contributed by atoms with Crippen molar-refractivity contribution in [2.24, 2.45) is 58.8 Å². The number of piperidine rings is 2. The Hall–Kier alpha value is -1.52. The standard InChI is InChI=1S/C40H68N4O9/c1-4-21(2)39(50)52-30-17-27-36(49)34-29(48)16-26(19-45)51-38(34)35(37(27)53-40(30,3)12-10-22-8-9-31(41)44-18-22)33(24-11-13-43-32(42)15-24)28(20-46)23-6-5-7-25(47)14-23/h4,22-28,30-38,43-47,49H,5-20,41-42H2,1-3H3/t22?,23?,24?,25?,26?,27?,28-,30+,31?,32?,33?,34?,35?,36?,37?,38?,40+/m1/s1. The van der Waals surface area contributed by atoms with E-state index in [4.69, 9.17) is 25.7 Å². The summed E-state index contributed by atoms with van der Waals surface area (Å²) >= 11 is 0. The van der Waals surface area contributed by atoms with Gasteiger partial charge in [-0.05, 0) is 128 Å². The lowest BCUT2D eigenvalue weighted by atomic mass is 9.53. The molecule has 4 aliphatic heterocycles. The van der Waals surface area contributed by atoms with Crippen LogP contribution in [0.2, 0.25) is 0 Å². The lowest BCUT2D eigenvalue weighted by molar-refractivity contribution is -0.296. The Bertz CT molecular complexity index is 1280. The first-order valence-corrected chi connectivity index (χ1v) is 20.6. The lowest BCUT2D eigenvalue weighted by Gasteiger charge is -2.61. The molecule has 14 unspecified atom stereocenters. The van der Waals surface area contributed by atoms with E-state index >= 15 is 0 Å². The van der Waals surface area contributed by atoms with Crippen LogP contribution in [0, 0.1) is 47.3 Å². The molecule has 302 valence electrons. The number of aliphatic hydroxyl groups is 4. The number of fused-ring (bicyclic) bond motifs is 2. The zero-order valence-electron chi connectivity index (χ0n) is 32.1. The highest BCUT2D eigenvalue weighted by atomic mass is 16.6. The van der Waals surface area contributed by atoms with E-state index in [-0.39, 0.29) is 61.4 Å². The predicted octanol–water partition coefficient (Wildman–Crippen LogP) is 1.48. The number of carbonyl (C=O) groups excluding carboxylic acids is 2. The maximum absolute atomic E-state index is 14.1. The normalized spacial score (nSPS) is 45.1. The van der Waals surface area contributed by atoms with Crippen LogP contribution in [0.15, 0.2) is 11.6 Å². The fraction of sp³-hybridized carbons (Fsp3) is 0.900. The summed E-state index contributed by atoms with van der Waals surface area (Å²) in [5.41, 5.74) is 12.3. The van der Waals surface area contributed by atoms with Crippen LogP contribution in [0.1, 0.15) is 97.8 Å². The lowest BCUT2D eigenvalue weighted by Crippen LogP contribution is -2.70. The average molecular weight is 749 g/mol. The van der Waals surface area contributed by atoms with E-state index in [1.165, 1.54) is 0 Å². The minimum atomic E-state index is -1.12. The number of nitrogens with one attached hydrogen (secondary N) is 2. The Labute approximate surface area is 315 Å². The molecule has 0 aromatic heterocycles. The summed E-state index contributed by atoms with van der Waals surface area (Å²) in [5.74, 6) is -2.47. The number of hydrogen-bond donors (Lipinski definition) is 8. The smallest absolute Gasteiger partial charge is 0.333 e. The van der Waals surface area contributed by atoms with Crippen LogP contribution in [-0.4, -0.2) is 113 Å². The molecule has 4 heterocycles. The van der Waals surface area contributed by atoms with Gasteiger partial charge in [0.15, 0.2) is 0 Å². The third-order valence-electron chi connectivity index (χ3n) is 14.3. The number of rotatable bonds is 11. The van der Waals surface area contributed by atoms with Gasteiger partial charge in [-0.2, -0.15) is 0 Å². The molecule has 0 radical (unpaired) electrons. The van der Waals surface area contributed by atoms with Crippen molar-refractivity contribution in [3.05, 3.63) is 11.6 Å². The number of allylic oxidation sites excluding steroid dienone is 1. The number of nitrogens with two attached hydrogens (primary N) is 2. The number of ketones is 1. The molecule has 0 aromatic rings. The quantitative estimate of drug-likeness (QED) is 0.111. The van der Waals surface area contributed by atoms with Crippen molar-refractivity contribution in [1.29, 1.82) is 0 Å². The predicted molar refractivity (Wildman–Crippen MR) is 198 cm³/mol. The molecular weight excluding hydrogens is 680 g/mol. The van der Waals surface area contributed by atoms with Crippen molar-refractivity contribution >= 4 is 11.8 Å². The van der Waals surface area contributed by atoms with Crippen LogP contribution >= 0.6 is 0 Å². The molecule has 53 heavy (non-hydrogen) atoms. The highest BCUT2D eigenvalue weighted by molar-refractivity contribution is 5.87. The molecule has 13 heteroatoms. The van der Waals surface area contributed by atoms with Crippen molar-refractivity contribution in [3.8, 4) is 0 Å². The van der Waals surface area contributed by atoms with E-state index in [9.17, 15) is 30.0 Å². The summed E-state index contributed by atoms with van der Waals surface area (Å²) in [6.45, 7) is 6.59. The summed E-state index contributed by atoms with van der Waals surface area (Å²) in [7, 11) is 0. The van der Waals surface area contributed by atoms with Crippen molar-refractivity contribution in [1.82, 2.24) is 10.6 Å². The monoisotopic (exact) mass is 748 g/mol. The van der Waals surface area contributed by atoms with Gasteiger partial charge in [-0.25, -0.2) is 4.79 Å². The van der Waals surface area contributed by atoms with E-state index < -0.39 is 65.9 Å². The second-order valence-corrected chi connectivity index (χ2v) is 17.7. The highest BCUT2D eigenvalue weighted by Crippen LogP contribution is 2.56. The average Bonchev–Trinajstić information content (AvgIpc) is 3.14. The number of ether oxygens (including phenoxy) is 3. The number of hydrogen-bond acceptors (Lipinski definition) is 13. The van der Waals surface area contributed by atoms with Gasteiger partial charge in [0.05, 0.1) is 55.4 Å². The highest BCUT2D eigenvalue weighted by Gasteiger charge is 2.64. The zero-order chi connectivity index (χ0) is 38.0.